The summed E-state index contributed by atoms with van der Waals surface area (Å²) in [7, 11) is 0. The molecule has 32 heavy (non-hydrogen) atoms. The van der Waals surface area contributed by atoms with Gasteiger partial charge in [0.15, 0.2) is 0 Å². The van der Waals surface area contributed by atoms with Crippen LogP contribution in [-0.4, -0.2) is 58.8 Å². The Morgan fingerprint density at radius 2 is 1.97 bits per heavy atom. The Hall–Kier alpha value is -2.72. The van der Waals surface area contributed by atoms with Gasteiger partial charge in [-0.1, -0.05) is 11.6 Å². The molecule has 4 rings (SSSR count). The number of aliphatic hydroxyl groups excluding tert-OH is 2. The van der Waals surface area contributed by atoms with Crippen LogP contribution in [0.2, 0.25) is 5.02 Å². The van der Waals surface area contributed by atoms with Gasteiger partial charge in [0.2, 0.25) is 5.88 Å². The minimum absolute atomic E-state index is 0.0901. The second-order valence-corrected chi connectivity index (χ2v) is 7.66. The Morgan fingerprint density at radius 3 is 2.72 bits per heavy atom. The van der Waals surface area contributed by atoms with Gasteiger partial charge < -0.3 is 29.2 Å². The zero-order valence-corrected chi connectivity index (χ0v) is 17.8. The molecule has 0 saturated carbocycles. The fourth-order valence-electron chi connectivity index (χ4n) is 3.24. The van der Waals surface area contributed by atoms with E-state index >= 15 is 0 Å². The summed E-state index contributed by atoms with van der Waals surface area (Å²) in [5.41, 5.74) is 0.478. The van der Waals surface area contributed by atoms with E-state index in [-0.39, 0.29) is 29.4 Å². The van der Waals surface area contributed by atoms with Crippen LogP contribution in [-0.2, 0) is 4.74 Å². The summed E-state index contributed by atoms with van der Waals surface area (Å²) in [6.07, 6.45) is 1.63. The van der Waals surface area contributed by atoms with Crippen molar-refractivity contribution in [3.63, 3.8) is 0 Å². The van der Waals surface area contributed by atoms with E-state index < -0.39 is 18.5 Å². The largest absolute Gasteiger partial charge is 0.491 e. The van der Waals surface area contributed by atoms with Gasteiger partial charge in [0.1, 0.15) is 53.6 Å². The standard InChI is InChI=1S/C22H22ClFN2O6/c23-17-7-13(24)1-2-19(17)32-22-21-18(25-12-26-22)8-16(30-11-14(28)10-27)9-20(21)31-15-3-5-29-6-4-15/h1-2,7-9,12,14-15,27-28H,3-6,10-11H2. The number of hydrogen-bond acceptors (Lipinski definition) is 8. The summed E-state index contributed by atoms with van der Waals surface area (Å²) >= 11 is 6.12. The van der Waals surface area contributed by atoms with Gasteiger partial charge in [0.05, 0.1) is 30.4 Å². The fraction of sp³-hybridized carbons (Fsp3) is 0.364. The molecule has 0 radical (unpaired) electrons. The Kier molecular flexibility index (Phi) is 7.21. The number of aliphatic hydroxyl groups is 2. The monoisotopic (exact) mass is 464 g/mol. The summed E-state index contributed by atoms with van der Waals surface area (Å²) in [5, 5.41) is 19.2. The Bertz CT molecular complexity index is 1080. The topological polar surface area (TPSA) is 103 Å². The molecule has 1 atom stereocenters. The Labute approximate surface area is 188 Å². The van der Waals surface area contributed by atoms with E-state index in [0.717, 1.165) is 6.07 Å². The van der Waals surface area contributed by atoms with Crippen molar-refractivity contribution in [1.82, 2.24) is 9.97 Å². The first-order chi connectivity index (χ1) is 15.5. The summed E-state index contributed by atoms with van der Waals surface area (Å²) in [6, 6.07) is 7.11. The van der Waals surface area contributed by atoms with Crippen LogP contribution in [0.1, 0.15) is 12.8 Å². The highest BCUT2D eigenvalue weighted by atomic mass is 35.5. The van der Waals surface area contributed by atoms with Gasteiger partial charge in [0, 0.05) is 25.0 Å². The highest BCUT2D eigenvalue weighted by Gasteiger charge is 2.21. The molecular formula is C22H22ClFN2O6. The molecular weight excluding hydrogens is 443 g/mol. The highest BCUT2D eigenvalue weighted by molar-refractivity contribution is 6.32. The van der Waals surface area contributed by atoms with Crippen molar-refractivity contribution >= 4 is 22.5 Å². The highest BCUT2D eigenvalue weighted by Crippen LogP contribution is 2.39. The molecule has 1 aliphatic heterocycles. The summed E-state index contributed by atoms with van der Waals surface area (Å²) in [4.78, 5) is 8.53. The molecule has 2 N–H and O–H groups in total. The first-order valence-corrected chi connectivity index (χ1v) is 10.5. The molecule has 1 fully saturated rings. The van der Waals surface area contributed by atoms with E-state index in [2.05, 4.69) is 9.97 Å². The molecule has 1 unspecified atom stereocenters. The van der Waals surface area contributed by atoms with Crippen LogP contribution >= 0.6 is 11.6 Å². The first kappa shape index (κ1) is 22.5. The third-order valence-corrected chi connectivity index (χ3v) is 5.15. The van der Waals surface area contributed by atoms with Crippen molar-refractivity contribution in [2.75, 3.05) is 26.4 Å². The van der Waals surface area contributed by atoms with Gasteiger partial charge in [-0.25, -0.2) is 14.4 Å². The Morgan fingerprint density at radius 1 is 1.16 bits per heavy atom. The summed E-state index contributed by atoms with van der Waals surface area (Å²) in [6.45, 7) is 0.662. The summed E-state index contributed by atoms with van der Waals surface area (Å²) < 4.78 is 36.6. The lowest BCUT2D eigenvalue weighted by atomic mass is 10.1. The van der Waals surface area contributed by atoms with Crippen LogP contribution in [0.25, 0.3) is 10.9 Å². The summed E-state index contributed by atoms with van der Waals surface area (Å²) in [5.74, 6) is 0.766. The molecule has 0 amide bonds. The number of aromatic nitrogens is 2. The van der Waals surface area contributed by atoms with Crippen molar-refractivity contribution in [1.29, 1.82) is 0 Å². The van der Waals surface area contributed by atoms with E-state index in [1.807, 2.05) is 0 Å². The maximum absolute atomic E-state index is 13.4. The number of rotatable bonds is 8. The lowest BCUT2D eigenvalue weighted by Gasteiger charge is -2.24. The lowest BCUT2D eigenvalue weighted by Crippen LogP contribution is -2.26. The maximum Gasteiger partial charge on any atom is 0.234 e. The molecule has 3 aromatic rings. The molecule has 170 valence electrons. The van der Waals surface area contributed by atoms with Gasteiger partial charge in [-0.2, -0.15) is 0 Å². The van der Waals surface area contributed by atoms with Crippen molar-refractivity contribution in [2.24, 2.45) is 0 Å². The predicted octanol–water partition coefficient (Wildman–Crippen LogP) is 3.50. The van der Waals surface area contributed by atoms with E-state index in [9.17, 15) is 9.50 Å². The van der Waals surface area contributed by atoms with Crippen LogP contribution in [0.3, 0.4) is 0 Å². The van der Waals surface area contributed by atoms with Gasteiger partial charge >= 0.3 is 0 Å². The molecule has 2 heterocycles. The average Bonchev–Trinajstić information content (AvgIpc) is 2.80. The van der Waals surface area contributed by atoms with Crippen molar-refractivity contribution in [3.05, 3.63) is 47.5 Å². The molecule has 1 saturated heterocycles. The van der Waals surface area contributed by atoms with Crippen molar-refractivity contribution in [3.8, 4) is 23.1 Å². The maximum atomic E-state index is 13.4. The van der Waals surface area contributed by atoms with Gasteiger partial charge in [-0.3, -0.25) is 0 Å². The van der Waals surface area contributed by atoms with E-state index in [0.29, 0.717) is 48.5 Å². The lowest BCUT2D eigenvalue weighted by molar-refractivity contribution is 0.0259. The number of ether oxygens (including phenoxy) is 4. The number of benzene rings is 2. The number of fused-ring (bicyclic) bond motifs is 1. The second kappa shape index (κ2) is 10.3. The van der Waals surface area contributed by atoms with Crippen LogP contribution in [0.15, 0.2) is 36.7 Å². The first-order valence-electron chi connectivity index (χ1n) is 10.1. The third-order valence-electron chi connectivity index (χ3n) is 4.86. The molecule has 0 aliphatic carbocycles. The smallest absolute Gasteiger partial charge is 0.234 e. The minimum atomic E-state index is -1.02. The zero-order valence-electron chi connectivity index (χ0n) is 17.0. The molecule has 0 bridgehead atoms. The molecule has 10 heteroatoms. The fourth-order valence-corrected chi connectivity index (χ4v) is 3.44. The van der Waals surface area contributed by atoms with Gasteiger partial charge in [-0.15, -0.1) is 0 Å². The van der Waals surface area contributed by atoms with Crippen LogP contribution in [0.4, 0.5) is 4.39 Å². The average molecular weight is 465 g/mol. The van der Waals surface area contributed by atoms with Gasteiger partial charge in [0.25, 0.3) is 0 Å². The number of nitrogens with zero attached hydrogens (tertiary/aromatic N) is 2. The van der Waals surface area contributed by atoms with Crippen LogP contribution in [0.5, 0.6) is 23.1 Å². The van der Waals surface area contributed by atoms with Crippen LogP contribution in [0, 0.1) is 5.82 Å². The normalized spacial score (nSPS) is 15.5. The second-order valence-electron chi connectivity index (χ2n) is 7.25. The van der Waals surface area contributed by atoms with E-state index in [4.69, 9.17) is 35.7 Å². The van der Waals surface area contributed by atoms with Gasteiger partial charge in [-0.05, 0) is 18.2 Å². The molecule has 2 aromatic carbocycles. The predicted molar refractivity (Wildman–Crippen MR) is 114 cm³/mol. The SMILES string of the molecule is OCC(O)COc1cc(OC2CCOCC2)c2c(Oc3ccc(F)cc3Cl)ncnc2c1. The molecule has 8 nitrogen and oxygen atoms in total. The van der Waals surface area contributed by atoms with E-state index in [1.165, 1.54) is 18.5 Å². The van der Waals surface area contributed by atoms with Crippen LogP contribution < -0.4 is 14.2 Å². The minimum Gasteiger partial charge on any atom is -0.491 e. The number of hydrogen-bond donors (Lipinski definition) is 2. The quantitative estimate of drug-likeness (QED) is 0.522. The van der Waals surface area contributed by atoms with Crippen molar-refractivity contribution < 1.29 is 33.6 Å². The van der Waals surface area contributed by atoms with E-state index in [1.54, 1.807) is 12.1 Å². The zero-order chi connectivity index (χ0) is 22.5. The molecule has 1 aromatic heterocycles. The van der Waals surface area contributed by atoms with Crippen molar-refractivity contribution in [2.45, 2.75) is 25.0 Å². The molecule has 0 spiro atoms. The Balaban J connectivity index is 1.73. The third kappa shape index (κ3) is 5.36. The number of halogens is 2. The molecule has 1 aliphatic rings.